The molecule has 14 heteroatoms. The lowest BCUT2D eigenvalue weighted by Gasteiger charge is -2.41. The van der Waals surface area contributed by atoms with Gasteiger partial charge in [0.15, 0.2) is 5.60 Å². The molecule has 1 saturated heterocycles. The van der Waals surface area contributed by atoms with E-state index < -0.39 is 55.8 Å². The molecule has 248 valence electrons. The minimum Gasteiger partial charge on any atom is -0.479 e. The van der Waals surface area contributed by atoms with E-state index >= 15 is 0 Å². The van der Waals surface area contributed by atoms with E-state index in [-0.39, 0.29) is 36.6 Å². The minimum atomic E-state index is -4.81. The molecule has 46 heavy (non-hydrogen) atoms. The summed E-state index contributed by atoms with van der Waals surface area (Å²) in [6, 6.07) is 9.68. The van der Waals surface area contributed by atoms with Gasteiger partial charge in [-0.05, 0) is 42.9 Å². The van der Waals surface area contributed by atoms with Crippen molar-refractivity contribution >= 4 is 39.8 Å². The molecule has 0 aromatic heterocycles. The summed E-state index contributed by atoms with van der Waals surface area (Å²) in [7, 11) is -4.81. The Kier molecular flexibility index (Phi) is 9.38. The van der Waals surface area contributed by atoms with Gasteiger partial charge in [-0.25, -0.2) is 18.0 Å². The lowest BCUT2D eigenvalue weighted by molar-refractivity contribution is -0.142. The number of amides is 2. The molecule has 4 N–H and O–H groups in total. The van der Waals surface area contributed by atoms with Gasteiger partial charge >= 0.3 is 12.1 Å². The van der Waals surface area contributed by atoms with Gasteiger partial charge < -0.3 is 30.5 Å². The van der Waals surface area contributed by atoms with Crippen LogP contribution in [0.15, 0.2) is 52.5 Å². The number of aryl methyl sites for hydroxylation is 3. The summed E-state index contributed by atoms with van der Waals surface area (Å²) in [6.45, 7) is 9.46. The zero-order chi connectivity index (χ0) is 34.2. The van der Waals surface area contributed by atoms with E-state index in [1.165, 1.54) is 4.90 Å². The van der Waals surface area contributed by atoms with Crippen molar-refractivity contribution in [2.24, 2.45) is 16.3 Å². The van der Waals surface area contributed by atoms with Crippen LogP contribution in [0.5, 0.6) is 0 Å². The van der Waals surface area contributed by atoms with Crippen LogP contribution in [0.4, 0.5) is 4.79 Å². The van der Waals surface area contributed by atoms with Crippen LogP contribution in [0.3, 0.4) is 0 Å². The number of rotatable bonds is 9. The standard InChI is InChI=1S/C32H40N4O9S/c1-19-12-20(2)25(21(3)13-19)46(42,43)32(33,28(39)40)27(30(4,5)6)34-26(38)24-15-31(45-35-24)14-23(16-37)36(18-31)29(41)44-17-22-10-8-7-9-11-22/h7-13,16,23,27H,14-15,17-18,33H2,1-6H3,(H,34,38)(H,39,40)/t23?,27?,31?,32-/m0/s1. The number of sulfone groups is 1. The number of carbonyl (C=O) groups is 4. The molecule has 2 amide bonds. The number of carboxylic acid groups (broad SMARTS) is 1. The second-order valence-corrected chi connectivity index (χ2v) is 15.3. The van der Waals surface area contributed by atoms with Crippen LogP contribution in [-0.4, -0.2) is 77.5 Å². The molecule has 0 bridgehead atoms. The number of carboxylic acids is 1. The normalized spacial score (nSPS) is 21.6. The van der Waals surface area contributed by atoms with Gasteiger partial charge in [0.1, 0.15) is 18.6 Å². The van der Waals surface area contributed by atoms with Crippen LogP contribution >= 0.6 is 0 Å². The van der Waals surface area contributed by atoms with Gasteiger partial charge in [-0.15, -0.1) is 0 Å². The Hall–Kier alpha value is -4.30. The molecular weight excluding hydrogens is 616 g/mol. The fraction of sp³-hybridized carbons (Fsp3) is 0.469. The van der Waals surface area contributed by atoms with Crippen LogP contribution in [0.1, 0.15) is 55.9 Å². The highest BCUT2D eigenvalue weighted by atomic mass is 32.2. The maximum absolute atomic E-state index is 14.2. The summed E-state index contributed by atoms with van der Waals surface area (Å²) in [5.41, 5.74) is 6.00. The molecule has 0 aliphatic carbocycles. The van der Waals surface area contributed by atoms with Crippen molar-refractivity contribution < 1.29 is 42.3 Å². The van der Waals surface area contributed by atoms with E-state index in [2.05, 4.69) is 10.5 Å². The fourth-order valence-electron chi connectivity index (χ4n) is 6.28. The number of aliphatic carboxylic acids is 1. The number of nitrogens with one attached hydrogen (secondary N) is 1. The van der Waals surface area contributed by atoms with E-state index in [0.29, 0.717) is 17.4 Å². The van der Waals surface area contributed by atoms with E-state index in [4.69, 9.17) is 15.3 Å². The molecule has 2 aliphatic heterocycles. The fourth-order valence-corrected chi connectivity index (χ4v) is 8.54. The third-order valence-corrected chi connectivity index (χ3v) is 10.8. The number of hydrogen-bond acceptors (Lipinski definition) is 10. The number of benzene rings is 2. The van der Waals surface area contributed by atoms with E-state index in [1.54, 1.807) is 77.9 Å². The monoisotopic (exact) mass is 656 g/mol. The number of hydrogen-bond donors (Lipinski definition) is 3. The van der Waals surface area contributed by atoms with Crippen molar-refractivity contribution in [3.63, 3.8) is 0 Å². The van der Waals surface area contributed by atoms with Crippen LogP contribution in [0.25, 0.3) is 0 Å². The summed E-state index contributed by atoms with van der Waals surface area (Å²) in [4.78, 5) is 54.9. The van der Waals surface area contributed by atoms with Crippen LogP contribution < -0.4 is 11.1 Å². The Labute approximate surface area is 268 Å². The molecule has 3 unspecified atom stereocenters. The zero-order valence-electron chi connectivity index (χ0n) is 26.7. The van der Waals surface area contributed by atoms with E-state index in [0.717, 1.165) is 11.1 Å². The smallest absolute Gasteiger partial charge is 0.410 e. The topological polar surface area (TPSA) is 195 Å². The van der Waals surface area contributed by atoms with Gasteiger partial charge in [0.05, 0.1) is 23.5 Å². The first kappa shape index (κ1) is 34.6. The molecule has 1 spiro atoms. The summed E-state index contributed by atoms with van der Waals surface area (Å²) >= 11 is 0. The third-order valence-electron chi connectivity index (χ3n) is 8.36. The predicted molar refractivity (Wildman–Crippen MR) is 167 cm³/mol. The largest absolute Gasteiger partial charge is 0.479 e. The summed E-state index contributed by atoms with van der Waals surface area (Å²) < 4.78 is 33.7. The second kappa shape index (κ2) is 12.5. The average Bonchev–Trinajstić information content (AvgIpc) is 3.56. The van der Waals surface area contributed by atoms with Crippen molar-refractivity contribution in [3.8, 4) is 0 Å². The Morgan fingerprint density at radius 3 is 2.33 bits per heavy atom. The molecular formula is C32H40N4O9S. The van der Waals surface area contributed by atoms with Crippen LogP contribution in [0, 0.1) is 26.2 Å². The van der Waals surface area contributed by atoms with Crippen molar-refractivity contribution in [3.05, 3.63) is 64.7 Å². The summed E-state index contributed by atoms with van der Waals surface area (Å²) in [6.07, 6.45) is -0.273. The van der Waals surface area contributed by atoms with Crippen LogP contribution in [0.2, 0.25) is 0 Å². The molecule has 1 fully saturated rings. The Bertz CT molecular complexity index is 1660. The number of ether oxygens (including phenoxy) is 1. The summed E-state index contributed by atoms with van der Waals surface area (Å²) in [5, 5.41) is 16.9. The number of oxime groups is 1. The lowest BCUT2D eigenvalue weighted by Crippen LogP contribution is -2.71. The highest BCUT2D eigenvalue weighted by Gasteiger charge is 2.60. The molecule has 0 saturated carbocycles. The molecule has 4 atom stereocenters. The molecule has 2 aliphatic rings. The number of nitrogens with zero attached hydrogens (tertiary/aromatic N) is 2. The summed E-state index contributed by atoms with van der Waals surface area (Å²) in [5.74, 6) is -2.74. The molecule has 2 aromatic rings. The number of nitrogens with two attached hydrogens (primary N) is 1. The molecule has 2 heterocycles. The highest BCUT2D eigenvalue weighted by molar-refractivity contribution is 7.93. The first-order chi connectivity index (χ1) is 21.4. The molecule has 4 rings (SSSR count). The first-order valence-corrected chi connectivity index (χ1v) is 16.2. The number of aldehydes is 1. The Balaban J connectivity index is 1.56. The third kappa shape index (κ3) is 6.36. The molecule has 0 radical (unpaired) electrons. The van der Waals surface area contributed by atoms with Gasteiger partial charge in [-0.2, -0.15) is 0 Å². The molecule has 13 nitrogen and oxygen atoms in total. The maximum atomic E-state index is 14.2. The van der Waals surface area contributed by atoms with Gasteiger partial charge in [0.25, 0.3) is 5.91 Å². The second-order valence-electron chi connectivity index (χ2n) is 13.2. The Morgan fingerprint density at radius 2 is 1.78 bits per heavy atom. The Morgan fingerprint density at radius 1 is 1.17 bits per heavy atom. The van der Waals surface area contributed by atoms with E-state index in [9.17, 15) is 32.7 Å². The maximum Gasteiger partial charge on any atom is 0.410 e. The lowest BCUT2D eigenvalue weighted by atomic mass is 9.81. The van der Waals surface area contributed by atoms with Crippen molar-refractivity contribution in [2.75, 3.05) is 6.54 Å². The predicted octanol–water partition coefficient (Wildman–Crippen LogP) is 2.78. The SMILES string of the molecule is Cc1cc(C)c(S(=O)(=O)[C@](N)(C(=O)O)C(NC(=O)C2=NOC3(C2)CC(C=O)N(C(=O)OCc2ccccc2)C3)C(C)(C)C)c(C)c1. The van der Waals surface area contributed by atoms with Gasteiger partial charge in [-0.3, -0.25) is 9.69 Å². The van der Waals surface area contributed by atoms with Crippen molar-refractivity contribution in [2.45, 2.75) is 88.4 Å². The van der Waals surface area contributed by atoms with Gasteiger partial charge in [0, 0.05) is 12.8 Å². The average molecular weight is 657 g/mol. The van der Waals surface area contributed by atoms with Crippen LogP contribution in [-0.2, 0) is 40.4 Å². The van der Waals surface area contributed by atoms with Crippen molar-refractivity contribution in [1.82, 2.24) is 10.2 Å². The van der Waals surface area contributed by atoms with Gasteiger partial charge in [0.2, 0.25) is 14.7 Å². The number of carbonyl (C=O) groups excluding carboxylic acids is 3. The zero-order valence-corrected chi connectivity index (χ0v) is 27.5. The molecule has 2 aromatic carbocycles. The number of likely N-dealkylation sites (tertiary alicyclic amines) is 1. The quantitative estimate of drug-likeness (QED) is 0.338. The highest BCUT2D eigenvalue weighted by Crippen LogP contribution is 2.39. The van der Waals surface area contributed by atoms with Gasteiger partial charge in [-0.1, -0.05) is 74.0 Å². The minimum absolute atomic E-state index is 0.0110. The van der Waals surface area contributed by atoms with E-state index in [1.807, 2.05) is 6.07 Å². The van der Waals surface area contributed by atoms with Crippen molar-refractivity contribution in [1.29, 1.82) is 0 Å². The first-order valence-electron chi connectivity index (χ1n) is 14.7.